The Bertz CT molecular complexity index is 409. The molecule has 0 saturated heterocycles. The molecule has 0 atom stereocenters. The average Bonchev–Trinajstić information content (AvgIpc) is 2.36. The largest absolute Gasteiger partial charge is 0.496 e. The van der Waals surface area contributed by atoms with Gasteiger partial charge in [0, 0.05) is 23.7 Å². The summed E-state index contributed by atoms with van der Waals surface area (Å²) in [5, 5.41) is 9.46. The van der Waals surface area contributed by atoms with Crippen molar-refractivity contribution in [1.82, 2.24) is 4.90 Å². The minimum absolute atomic E-state index is 0.0355. The molecular weight excluding hydrogens is 254 g/mol. The van der Waals surface area contributed by atoms with Crippen LogP contribution in [0.1, 0.15) is 12.5 Å². The van der Waals surface area contributed by atoms with Crippen LogP contribution < -0.4 is 4.74 Å². The van der Waals surface area contributed by atoms with Crippen molar-refractivity contribution in [2.45, 2.75) is 13.3 Å². The molecule has 0 spiro atoms. The molecule has 0 heterocycles. The summed E-state index contributed by atoms with van der Waals surface area (Å²) in [5.41, 5.74) is 0.756. The Morgan fingerprint density at radius 3 is 2.78 bits per heavy atom. The van der Waals surface area contributed by atoms with Gasteiger partial charge in [0.05, 0.1) is 20.1 Å². The highest BCUT2D eigenvalue weighted by Crippen LogP contribution is 2.23. The van der Waals surface area contributed by atoms with Crippen LogP contribution in [0.5, 0.6) is 5.75 Å². The van der Waals surface area contributed by atoms with E-state index < -0.39 is 0 Å². The molecule has 1 amide bonds. The molecule has 0 radical (unpaired) electrons. The highest BCUT2D eigenvalue weighted by molar-refractivity contribution is 6.30. The molecule has 100 valence electrons. The van der Waals surface area contributed by atoms with Crippen LogP contribution in [-0.4, -0.2) is 42.7 Å². The molecule has 0 saturated carbocycles. The lowest BCUT2D eigenvalue weighted by molar-refractivity contribution is -0.130. The van der Waals surface area contributed by atoms with Crippen molar-refractivity contribution < 1.29 is 14.6 Å². The van der Waals surface area contributed by atoms with Crippen LogP contribution in [0.2, 0.25) is 5.02 Å². The van der Waals surface area contributed by atoms with Crippen molar-refractivity contribution in [3.8, 4) is 5.75 Å². The van der Waals surface area contributed by atoms with Gasteiger partial charge in [-0.3, -0.25) is 4.79 Å². The average molecular weight is 272 g/mol. The van der Waals surface area contributed by atoms with Crippen LogP contribution in [0.15, 0.2) is 18.2 Å². The maximum Gasteiger partial charge on any atom is 0.227 e. The number of methoxy groups -OCH3 is 1. The van der Waals surface area contributed by atoms with E-state index in [1.165, 1.54) is 0 Å². The smallest absolute Gasteiger partial charge is 0.227 e. The number of rotatable bonds is 6. The number of benzene rings is 1. The second-order valence-electron chi connectivity index (χ2n) is 3.83. The van der Waals surface area contributed by atoms with Crippen LogP contribution in [-0.2, 0) is 11.2 Å². The lowest BCUT2D eigenvalue weighted by Crippen LogP contribution is -2.34. The molecule has 1 rings (SSSR count). The normalized spacial score (nSPS) is 10.2. The highest BCUT2D eigenvalue weighted by atomic mass is 35.5. The molecule has 0 fully saturated rings. The second-order valence-corrected chi connectivity index (χ2v) is 4.27. The fraction of sp³-hybridized carbons (Fsp3) is 0.462. The zero-order chi connectivity index (χ0) is 13.5. The SMILES string of the molecule is CCN(CCO)C(=O)Cc1cc(Cl)ccc1OC. The number of carbonyl (C=O) groups is 1. The molecule has 1 aromatic rings. The van der Waals surface area contributed by atoms with Crippen molar-refractivity contribution in [3.05, 3.63) is 28.8 Å². The maximum atomic E-state index is 12.0. The highest BCUT2D eigenvalue weighted by Gasteiger charge is 2.14. The van der Waals surface area contributed by atoms with E-state index in [1.807, 2.05) is 6.92 Å². The van der Waals surface area contributed by atoms with Crippen LogP contribution >= 0.6 is 11.6 Å². The fourth-order valence-corrected chi connectivity index (χ4v) is 1.93. The van der Waals surface area contributed by atoms with Crippen molar-refractivity contribution in [1.29, 1.82) is 0 Å². The number of halogens is 1. The number of likely N-dealkylation sites (N-methyl/N-ethyl adjacent to an activating group) is 1. The summed E-state index contributed by atoms with van der Waals surface area (Å²) >= 11 is 5.91. The number of hydrogen-bond donors (Lipinski definition) is 1. The van der Waals surface area contributed by atoms with Gasteiger partial charge in [0.15, 0.2) is 0 Å². The predicted molar refractivity (Wildman–Crippen MR) is 71.0 cm³/mol. The van der Waals surface area contributed by atoms with Gasteiger partial charge < -0.3 is 14.7 Å². The molecule has 0 aromatic heterocycles. The van der Waals surface area contributed by atoms with Gasteiger partial charge in [0.1, 0.15) is 5.75 Å². The van der Waals surface area contributed by atoms with Gasteiger partial charge in [0.2, 0.25) is 5.91 Å². The maximum absolute atomic E-state index is 12.0. The first kappa shape index (κ1) is 14.8. The summed E-state index contributed by atoms with van der Waals surface area (Å²) in [6, 6.07) is 5.19. The molecule has 4 nitrogen and oxygen atoms in total. The Balaban J connectivity index is 2.82. The Labute approximate surface area is 112 Å². The fourth-order valence-electron chi connectivity index (χ4n) is 1.74. The summed E-state index contributed by atoms with van der Waals surface area (Å²) in [7, 11) is 1.56. The van der Waals surface area contributed by atoms with Crippen molar-refractivity contribution in [3.63, 3.8) is 0 Å². The van der Waals surface area contributed by atoms with Crippen LogP contribution in [0.25, 0.3) is 0 Å². The summed E-state index contributed by atoms with van der Waals surface area (Å²) in [5.74, 6) is 0.597. The molecule has 0 unspecified atom stereocenters. The molecule has 5 heteroatoms. The predicted octanol–water partition coefficient (Wildman–Crippen LogP) is 1.73. The van der Waals surface area contributed by atoms with E-state index in [4.69, 9.17) is 21.4 Å². The molecule has 0 aliphatic heterocycles. The summed E-state index contributed by atoms with van der Waals surface area (Å²) in [6.07, 6.45) is 0.220. The van der Waals surface area contributed by atoms with Gasteiger partial charge >= 0.3 is 0 Å². The molecule has 1 N–H and O–H groups in total. The second kappa shape index (κ2) is 7.24. The van der Waals surface area contributed by atoms with Gasteiger partial charge in [-0.25, -0.2) is 0 Å². The first-order valence-corrected chi connectivity index (χ1v) is 6.21. The minimum Gasteiger partial charge on any atom is -0.496 e. The number of carbonyl (C=O) groups excluding carboxylic acids is 1. The third-order valence-corrected chi connectivity index (χ3v) is 2.92. The van der Waals surface area contributed by atoms with E-state index in [0.29, 0.717) is 23.9 Å². The topological polar surface area (TPSA) is 49.8 Å². The third-order valence-electron chi connectivity index (χ3n) is 2.69. The number of nitrogens with zero attached hydrogens (tertiary/aromatic N) is 1. The first-order valence-electron chi connectivity index (χ1n) is 5.83. The van der Waals surface area contributed by atoms with E-state index in [2.05, 4.69) is 0 Å². The first-order chi connectivity index (χ1) is 8.62. The lowest BCUT2D eigenvalue weighted by atomic mass is 10.1. The zero-order valence-electron chi connectivity index (χ0n) is 10.6. The van der Waals surface area contributed by atoms with E-state index >= 15 is 0 Å². The summed E-state index contributed by atoms with van der Waals surface area (Å²) < 4.78 is 5.20. The molecular formula is C13H18ClNO3. The quantitative estimate of drug-likeness (QED) is 0.857. The minimum atomic E-state index is -0.0490. The third kappa shape index (κ3) is 3.89. The van der Waals surface area contributed by atoms with Crippen molar-refractivity contribution in [2.75, 3.05) is 26.8 Å². The van der Waals surface area contributed by atoms with Crippen LogP contribution in [0.3, 0.4) is 0 Å². The number of ether oxygens (including phenoxy) is 1. The molecule has 18 heavy (non-hydrogen) atoms. The lowest BCUT2D eigenvalue weighted by Gasteiger charge is -2.20. The Morgan fingerprint density at radius 2 is 2.22 bits per heavy atom. The standard InChI is InChI=1S/C13H18ClNO3/c1-3-15(6-7-16)13(17)9-10-8-11(14)4-5-12(10)18-2/h4-5,8,16H,3,6-7,9H2,1-2H3. The van der Waals surface area contributed by atoms with Gasteiger partial charge in [-0.05, 0) is 25.1 Å². The molecule has 0 aliphatic rings. The number of hydrogen-bond acceptors (Lipinski definition) is 3. The van der Waals surface area contributed by atoms with Crippen molar-refractivity contribution in [2.24, 2.45) is 0 Å². The van der Waals surface area contributed by atoms with Gasteiger partial charge in [-0.1, -0.05) is 11.6 Å². The van der Waals surface area contributed by atoms with E-state index in [0.717, 1.165) is 5.56 Å². The summed E-state index contributed by atoms with van der Waals surface area (Å²) in [6.45, 7) is 2.76. The van der Waals surface area contributed by atoms with Crippen LogP contribution in [0.4, 0.5) is 0 Å². The van der Waals surface area contributed by atoms with Gasteiger partial charge in [0.25, 0.3) is 0 Å². The number of amides is 1. The van der Waals surface area contributed by atoms with Crippen molar-refractivity contribution >= 4 is 17.5 Å². The van der Waals surface area contributed by atoms with E-state index in [1.54, 1.807) is 30.2 Å². The van der Waals surface area contributed by atoms with Gasteiger partial charge in [-0.2, -0.15) is 0 Å². The Morgan fingerprint density at radius 1 is 1.50 bits per heavy atom. The molecule has 1 aromatic carbocycles. The number of aliphatic hydroxyl groups excluding tert-OH is 1. The Kier molecular flexibility index (Phi) is 5.95. The van der Waals surface area contributed by atoms with E-state index in [9.17, 15) is 4.79 Å². The molecule has 0 bridgehead atoms. The summed E-state index contributed by atoms with van der Waals surface area (Å²) in [4.78, 5) is 13.6. The zero-order valence-corrected chi connectivity index (χ0v) is 11.4. The van der Waals surface area contributed by atoms with E-state index in [-0.39, 0.29) is 18.9 Å². The molecule has 0 aliphatic carbocycles. The monoisotopic (exact) mass is 271 g/mol. The van der Waals surface area contributed by atoms with Gasteiger partial charge in [-0.15, -0.1) is 0 Å². The Hall–Kier alpha value is -1.26. The van der Waals surface area contributed by atoms with Crippen LogP contribution in [0, 0.1) is 0 Å². The number of aliphatic hydroxyl groups is 1.